The zero-order valence-electron chi connectivity index (χ0n) is 12.0. The Kier molecular flexibility index (Phi) is 3.73. The molecule has 0 spiro atoms. The molecule has 1 saturated heterocycles. The number of anilines is 1. The van der Waals surface area contributed by atoms with Gasteiger partial charge in [-0.15, -0.1) is 0 Å². The number of carbonyl (C=O) groups excluding carboxylic acids is 1. The van der Waals surface area contributed by atoms with E-state index in [1.54, 1.807) is 19.2 Å². The van der Waals surface area contributed by atoms with Crippen molar-refractivity contribution in [2.24, 2.45) is 0 Å². The lowest BCUT2D eigenvalue weighted by molar-refractivity contribution is -0.119. The lowest BCUT2D eigenvalue weighted by Gasteiger charge is -2.34. The molecule has 4 nitrogen and oxygen atoms in total. The summed E-state index contributed by atoms with van der Waals surface area (Å²) < 4.78 is 13.3. The molecule has 1 aliphatic heterocycles. The second kappa shape index (κ2) is 5.68. The highest BCUT2D eigenvalue weighted by Crippen LogP contribution is 2.28. The number of nitrogens with zero attached hydrogens (tertiary/aromatic N) is 2. The van der Waals surface area contributed by atoms with E-state index in [-0.39, 0.29) is 17.8 Å². The number of hydrogen-bond donors (Lipinski definition) is 1. The van der Waals surface area contributed by atoms with Crippen LogP contribution in [0.4, 0.5) is 10.1 Å². The molecule has 0 bridgehead atoms. The highest BCUT2D eigenvalue weighted by Gasteiger charge is 2.21. The van der Waals surface area contributed by atoms with Crippen LogP contribution < -0.4 is 10.2 Å². The molecule has 1 aliphatic rings. The van der Waals surface area contributed by atoms with E-state index in [1.807, 2.05) is 6.07 Å². The maximum Gasteiger partial charge on any atom is 0.217 e. The van der Waals surface area contributed by atoms with E-state index in [0.29, 0.717) is 5.52 Å². The van der Waals surface area contributed by atoms with Gasteiger partial charge in [0.05, 0.1) is 5.52 Å². The Morgan fingerprint density at radius 3 is 2.81 bits per heavy atom. The van der Waals surface area contributed by atoms with Gasteiger partial charge in [-0.05, 0) is 31.0 Å². The molecule has 1 aromatic heterocycles. The average Bonchev–Trinajstić information content (AvgIpc) is 2.46. The van der Waals surface area contributed by atoms with E-state index in [9.17, 15) is 9.18 Å². The standard InChI is InChI=1S/C16H18FN3O/c1-11(21)19-13-5-8-20(9-6-13)16-4-7-18-15-10-12(17)2-3-14(15)16/h2-4,7,10,13H,5-6,8-9H2,1H3,(H,19,21). The number of halogens is 1. The first-order valence-corrected chi connectivity index (χ1v) is 7.20. The number of aromatic nitrogens is 1. The van der Waals surface area contributed by atoms with Gasteiger partial charge in [0.15, 0.2) is 0 Å². The Morgan fingerprint density at radius 2 is 2.10 bits per heavy atom. The molecule has 0 atom stereocenters. The topological polar surface area (TPSA) is 45.2 Å². The van der Waals surface area contributed by atoms with Crippen LogP contribution in [0.25, 0.3) is 10.9 Å². The number of nitrogens with one attached hydrogen (secondary N) is 1. The first-order chi connectivity index (χ1) is 10.1. The van der Waals surface area contributed by atoms with Crippen molar-refractivity contribution in [1.82, 2.24) is 10.3 Å². The van der Waals surface area contributed by atoms with Crippen molar-refractivity contribution >= 4 is 22.5 Å². The van der Waals surface area contributed by atoms with Crippen LogP contribution in [-0.4, -0.2) is 30.0 Å². The van der Waals surface area contributed by atoms with Gasteiger partial charge in [-0.1, -0.05) is 0 Å². The molecule has 3 rings (SSSR count). The molecule has 1 aromatic carbocycles. The van der Waals surface area contributed by atoms with Crippen LogP contribution in [0.5, 0.6) is 0 Å². The minimum absolute atomic E-state index is 0.0262. The fourth-order valence-corrected chi connectivity index (χ4v) is 2.93. The van der Waals surface area contributed by atoms with Gasteiger partial charge in [0, 0.05) is 49.4 Å². The first-order valence-electron chi connectivity index (χ1n) is 7.20. The average molecular weight is 287 g/mol. The van der Waals surface area contributed by atoms with Crippen LogP contribution in [0.1, 0.15) is 19.8 Å². The zero-order chi connectivity index (χ0) is 14.8. The molecule has 0 unspecified atom stereocenters. The molecule has 1 fully saturated rings. The molecule has 2 aromatic rings. The van der Waals surface area contributed by atoms with Crippen molar-refractivity contribution in [2.75, 3.05) is 18.0 Å². The maximum atomic E-state index is 13.3. The van der Waals surface area contributed by atoms with Gasteiger partial charge in [-0.3, -0.25) is 9.78 Å². The molecule has 110 valence electrons. The summed E-state index contributed by atoms with van der Waals surface area (Å²) in [7, 11) is 0. The lowest BCUT2D eigenvalue weighted by Crippen LogP contribution is -2.44. The molecule has 21 heavy (non-hydrogen) atoms. The third kappa shape index (κ3) is 2.96. The summed E-state index contributed by atoms with van der Waals surface area (Å²) in [5.41, 5.74) is 1.76. The predicted molar refractivity (Wildman–Crippen MR) is 80.8 cm³/mol. The van der Waals surface area contributed by atoms with Crippen LogP contribution in [0.2, 0.25) is 0 Å². The number of fused-ring (bicyclic) bond motifs is 1. The molecular formula is C16H18FN3O. The molecule has 5 heteroatoms. The summed E-state index contributed by atoms with van der Waals surface area (Å²) in [6.07, 6.45) is 3.56. The first kappa shape index (κ1) is 13.8. The van der Waals surface area contributed by atoms with Crippen LogP contribution in [-0.2, 0) is 4.79 Å². The van der Waals surface area contributed by atoms with Crippen LogP contribution >= 0.6 is 0 Å². The fraction of sp³-hybridized carbons (Fsp3) is 0.375. The molecule has 1 amide bonds. The van der Waals surface area contributed by atoms with Crippen LogP contribution in [0, 0.1) is 5.82 Å². The second-order valence-electron chi connectivity index (χ2n) is 5.45. The molecule has 0 radical (unpaired) electrons. The summed E-state index contributed by atoms with van der Waals surface area (Å²) in [6.45, 7) is 3.31. The number of rotatable bonds is 2. The minimum atomic E-state index is -0.267. The maximum absolute atomic E-state index is 13.3. The van der Waals surface area contributed by atoms with Gasteiger partial charge < -0.3 is 10.2 Å². The van der Waals surface area contributed by atoms with Gasteiger partial charge >= 0.3 is 0 Å². The van der Waals surface area contributed by atoms with Gasteiger partial charge in [-0.2, -0.15) is 0 Å². The van der Waals surface area contributed by atoms with E-state index in [2.05, 4.69) is 15.2 Å². The fourth-order valence-electron chi connectivity index (χ4n) is 2.93. The Labute approximate surface area is 123 Å². The minimum Gasteiger partial charge on any atom is -0.371 e. The third-order valence-corrected chi connectivity index (χ3v) is 3.92. The lowest BCUT2D eigenvalue weighted by atomic mass is 10.0. The second-order valence-corrected chi connectivity index (χ2v) is 5.45. The Morgan fingerprint density at radius 1 is 1.33 bits per heavy atom. The van der Waals surface area contributed by atoms with Gasteiger partial charge in [0.1, 0.15) is 5.82 Å². The number of amides is 1. The molecule has 1 N–H and O–H groups in total. The van der Waals surface area contributed by atoms with Crippen LogP contribution in [0.3, 0.4) is 0 Å². The van der Waals surface area contributed by atoms with Crippen LogP contribution in [0.15, 0.2) is 30.5 Å². The smallest absolute Gasteiger partial charge is 0.217 e. The van der Waals surface area contributed by atoms with Crippen molar-refractivity contribution in [3.8, 4) is 0 Å². The molecule has 0 saturated carbocycles. The van der Waals surface area contributed by atoms with Crippen molar-refractivity contribution in [1.29, 1.82) is 0 Å². The summed E-state index contributed by atoms with van der Waals surface area (Å²) in [5.74, 6) is -0.241. The third-order valence-electron chi connectivity index (χ3n) is 3.92. The van der Waals surface area contributed by atoms with Gasteiger partial charge in [0.25, 0.3) is 0 Å². The van der Waals surface area contributed by atoms with Crippen molar-refractivity contribution < 1.29 is 9.18 Å². The number of pyridine rings is 1. The monoisotopic (exact) mass is 287 g/mol. The van der Waals surface area contributed by atoms with E-state index >= 15 is 0 Å². The quantitative estimate of drug-likeness (QED) is 0.923. The molecule has 0 aliphatic carbocycles. The Hall–Kier alpha value is -2.17. The SMILES string of the molecule is CC(=O)NC1CCN(c2ccnc3cc(F)ccc23)CC1. The number of piperidine rings is 1. The number of hydrogen-bond acceptors (Lipinski definition) is 3. The number of benzene rings is 1. The summed E-state index contributed by atoms with van der Waals surface area (Å²) in [4.78, 5) is 17.6. The summed E-state index contributed by atoms with van der Waals surface area (Å²) >= 11 is 0. The molecular weight excluding hydrogens is 269 g/mol. The molecule has 2 heterocycles. The zero-order valence-corrected chi connectivity index (χ0v) is 12.0. The van der Waals surface area contributed by atoms with Crippen molar-refractivity contribution in [3.05, 3.63) is 36.3 Å². The summed E-state index contributed by atoms with van der Waals surface area (Å²) in [5, 5.41) is 3.94. The van der Waals surface area contributed by atoms with E-state index in [0.717, 1.165) is 37.0 Å². The van der Waals surface area contributed by atoms with Gasteiger partial charge in [0.2, 0.25) is 5.91 Å². The van der Waals surface area contributed by atoms with E-state index in [1.165, 1.54) is 12.1 Å². The Bertz CT molecular complexity index is 666. The van der Waals surface area contributed by atoms with E-state index < -0.39 is 0 Å². The van der Waals surface area contributed by atoms with Crippen molar-refractivity contribution in [2.45, 2.75) is 25.8 Å². The predicted octanol–water partition coefficient (Wildman–Crippen LogP) is 2.48. The largest absolute Gasteiger partial charge is 0.371 e. The van der Waals surface area contributed by atoms with Gasteiger partial charge in [-0.25, -0.2) is 4.39 Å². The number of carbonyl (C=O) groups is 1. The van der Waals surface area contributed by atoms with Crippen molar-refractivity contribution in [3.63, 3.8) is 0 Å². The normalized spacial score (nSPS) is 16.2. The summed E-state index contributed by atoms with van der Waals surface area (Å²) in [6, 6.07) is 6.94. The highest BCUT2D eigenvalue weighted by molar-refractivity contribution is 5.91. The highest BCUT2D eigenvalue weighted by atomic mass is 19.1. The van der Waals surface area contributed by atoms with E-state index in [4.69, 9.17) is 0 Å². The Balaban J connectivity index is 1.81.